The number of nitriles is 1. The Morgan fingerprint density at radius 3 is 2.76 bits per heavy atom. The van der Waals surface area contributed by atoms with Crippen LogP contribution in [0.25, 0.3) is 0 Å². The molecule has 0 heterocycles. The summed E-state index contributed by atoms with van der Waals surface area (Å²) in [4.78, 5) is 0. The second-order valence-electron chi connectivity index (χ2n) is 3.90. The van der Waals surface area contributed by atoms with E-state index in [1.54, 1.807) is 12.1 Å². The smallest absolute Gasteiger partial charge is 0.145 e. The van der Waals surface area contributed by atoms with Crippen molar-refractivity contribution in [3.63, 3.8) is 0 Å². The molecule has 0 fully saturated rings. The molecule has 0 aliphatic heterocycles. The molecule has 0 saturated heterocycles. The molecule has 1 aromatic rings. The second kappa shape index (κ2) is 5.71. The van der Waals surface area contributed by atoms with E-state index in [1.807, 2.05) is 0 Å². The van der Waals surface area contributed by atoms with Crippen molar-refractivity contribution in [3.05, 3.63) is 35.6 Å². The van der Waals surface area contributed by atoms with Gasteiger partial charge in [0.2, 0.25) is 0 Å². The van der Waals surface area contributed by atoms with Gasteiger partial charge in [0.05, 0.1) is 18.2 Å². The van der Waals surface area contributed by atoms with Gasteiger partial charge in [0.15, 0.2) is 0 Å². The molecule has 2 unspecified atom stereocenters. The zero-order chi connectivity index (χ0) is 12.9. The minimum atomic E-state index is -1.59. The normalized spacial score (nSPS) is 15.9. The predicted molar refractivity (Wildman–Crippen MR) is 59.3 cm³/mol. The van der Waals surface area contributed by atoms with Crippen LogP contribution < -0.4 is 5.73 Å². The maximum absolute atomic E-state index is 13.8. The minimum Gasteiger partial charge on any atom is -0.363 e. The number of alkyl halides is 1. The minimum absolute atomic E-state index is 0.0908. The first-order valence-electron chi connectivity index (χ1n) is 5.12. The van der Waals surface area contributed by atoms with Gasteiger partial charge in [-0.15, -0.1) is 0 Å². The number of hydrogen-bond acceptors (Lipinski definition) is 3. The summed E-state index contributed by atoms with van der Waals surface area (Å²) < 4.78 is 32.1. The van der Waals surface area contributed by atoms with E-state index in [-0.39, 0.29) is 18.8 Å². The number of rotatable bonds is 5. The van der Waals surface area contributed by atoms with Crippen LogP contribution in [0.5, 0.6) is 0 Å². The van der Waals surface area contributed by atoms with E-state index in [0.29, 0.717) is 0 Å². The molecule has 0 aromatic heterocycles. The SMILES string of the molecule is CC(N)(c1ccccc1F)C(F)COCC#N. The maximum Gasteiger partial charge on any atom is 0.145 e. The van der Waals surface area contributed by atoms with Gasteiger partial charge >= 0.3 is 0 Å². The van der Waals surface area contributed by atoms with E-state index >= 15 is 0 Å². The Kier molecular flexibility index (Phi) is 4.55. The molecule has 0 amide bonds. The summed E-state index contributed by atoms with van der Waals surface area (Å²) in [6.45, 7) is 0.842. The van der Waals surface area contributed by atoms with Crippen LogP contribution in [0, 0.1) is 17.1 Å². The predicted octanol–water partition coefficient (Wildman–Crippen LogP) is 1.88. The van der Waals surface area contributed by atoms with Crippen molar-refractivity contribution in [2.45, 2.75) is 18.6 Å². The number of ether oxygens (including phenoxy) is 1. The average Bonchev–Trinajstić information content (AvgIpc) is 2.29. The van der Waals surface area contributed by atoms with E-state index in [4.69, 9.17) is 15.7 Å². The summed E-state index contributed by atoms with van der Waals surface area (Å²) in [6.07, 6.45) is -1.59. The van der Waals surface area contributed by atoms with Crippen LogP contribution >= 0.6 is 0 Å². The highest BCUT2D eigenvalue weighted by Crippen LogP contribution is 2.26. The topological polar surface area (TPSA) is 59.0 Å². The van der Waals surface area contributed by atoms with Gasteiger partial charge in [-0.2, -0.15) is 5.26 Å². The molecule has 0 saturated carbocycles. The molecule has 92 valence electrons. The van der Waals surface area contributed by atoms with Crippen LogP contribution in [0.1, 0.15) is 12.5 Å². The fraction of sp³-hybridized carbons (Fsp3) is 0.417. The molecule has 2 atom stereocenters. The van der Waals surface area contributed by atoms with Gasteiger partial charge in [0.1, 0.15) is 18.6 Å². The molecule has 3 nitrogen and oxygen atoms in total. The Balaban J connectivity index is 2.80. The second-order valence-corrected chi connectivity index (χ2v) is 3.90. The van der Waals surface area contributed by atoms with Gasteiger partial charge in [-0.3, -0.25) is 0 Å². The summed E-state index contributed by atoms with van der Waals surface area (Å²) in [7, 11) is 0. The van der Waals surface area contributed by atoms with Crippen molar-refractivity contribution in [3.8, 4) is 6.07 Å². The molecule has 2 N–H and O–H groups in total. The van der Waals surface area contributed by atoms with Gasteiger partial charge in [-0.25, -0.2) is 8.78 Å². The van der Waals surface area contributed by atoms with Crippen molar-refractivity contribution in [2.75, 3.05) is 13.2 Å². The third-order valence-corrected chi connectivity index (χ3v) is 2.54. The fourth-order valence-corrected chi connectivity index (χ4v) is 1.45. The highest BCUT2D eigenvalue weighted by molar-refractivity contribution is 5.26. The third kappa shape index (κ3) is 3.22. The lowest BCUT2D eigenvalue weighted by molar-refractivity contribution is 0.0618. The van der Waals surface area contributed by atoms with Gasteiger partial charge in [0.25, 0.3) is 0 Å². The van der Waals surface area contributed by atoms with Crippen LogP contribution in [-0.2, 0) is 10.3 Å². The van der Waals surface area contributed by atoms with Crippen molar-refractivity contribution in [1.29, 1.82) is 5.26 Å². The van der Waals surface area contributed by atoms with Crippen molar-refractivity contribution in [2.24, 2.45) is 5.73 Å². The van der Waals surface area contributed by atoms with Crippen molar-refractivity contribution >= 4 is 0 Å². The van der Waals surface area contributed by atoms with Gasteiger partial charge in [-0.1, -0.05) is 18.2 Å². The Morgan fingerprint density at radius 1 is 1.53 bits per heavy atom. The van der Waals surface area contributed by atoms with Gasteiger partial charge < -0.3 is 10.5 Å². The number of halogens is 2. The van der Waals surface area contributed by atoms with Crippen LogP contribution in [0.4, 0.5) is 8.78 Å². The number of hydrogen-bond donors (Lipinski definition) is 1. The van der Waals surface area contributed by atoms with Crippen molar-refractivity contribution < 1.29 is 13.5 Å². The molecular weight excluding hydrogens is 226 g/mol. The number of benzene rings is 1. The Labute approximate surface area is 98.8 Å². The first kappa shape index (κ1) is 13.6. The number of nitrogens with two attached hydrogens (primary N) is 1. The Bertz CT molecular complexity index is 415. The summed E-state index contributed by atoms with van der Waals surface area (Å²) in [5, 5.41) is 8.25. The summed E-state index contributed by atoms with van der Waals surface area (Å²) in [5.41, 5.74) is 4.39. The van der Waals surface area contributed by atoms with Crippen LogP contribution in [0.2, 0.25) is 0 Å². The zero-order valence-corrected chi connectivity index (χ0v) is 9.49. The van der Waals surface area contributed by atoms with E-state index in [1.165, 1.54) is 25.1 Å². The van der Waals surface area contributed by atoms with Crippen LogP contribution in [0.3, 0.4) is 0 Å². The van der Waals surface area contributed by atoms with E-state index < -0.39 is 17.5 Å². The standard InChI is InChI=1S/C12H14F2N2O/c1-12(16,11(14)8-17-7-6-15)9-4-2-3-5-10(9)13/h2-5,11H,7-8,16H2,1H3. The summed E-state index contributed by atoms with van der Waals surface area (Å²) in [5.74, 6) is -0.555. The Hall–Kier alpha value is -1.51. The molecule has 0 spiro atoms. The lowest BCUT2D eigenvalue weighted by Gasteiger charge is -2.29. The summed E-state index contributed by atoms with van der Waals surface area (Å²) in [6, 6.07) is 7.48. The monoisotopic (exact) mass is 240 g/mol. The van der Waals surface area contributed by atoms with Gasteiger partial charge in [0, 0.05) is 5.56 Å². The van der Waals surface area contributed by atoms with Gasteiger partial charge in [-0.05, 0) is 13.0 Å². The molecule has 17 heavy (non-hydrogen) atoms. The molecule has 0 bridgehead atoms. The lowest BCUT2D eigenvalue weighted by atomic mass is 9.88. The number of nitrogens with zero attached hydrogens (tertiary/aromatic N) is 1. The van der Waals surface area contributed by atoms with Crippen molar-refractivity contribution in [1.82, 2.24) is 0 Å². The first-order valence-corrected chi connectivity index (χ1v) is 5.12. The first-order chi connectivity index (χ1) is 8.00. The highest BCUT2D eigenvalue weighted by atomic mass is 19.1. The molecule has 5 heteroatoms. The zero-order valence-electron chi connectivity index (χ0n) is 9.49. The quantitative estimate of drug-likeness (QED) is 0.799. The average molecular weight is 240 g/mol. The molecule has 0 aliphatic rings. The molecule has 0 aliphatic carbocycles. The molecule has 0 radical (unpaired) electrons. The molecule has 1 rings (SSSR count). The van der Waals surface area contributed by atoms with Crippen LogP contribution in [0.15, 0.2) is 24.3 Å². The largest absolute Gasteiger partial charge is 0.363 e. The summed E-state index contributed by atoms with van der Waals surface area (Å²) >= 11 is 0. The fourth-order valence-electron chi connectivity index (χ4n) is 1.45. The lowest BCUT2D eigenvalue weighted by Crippen LogP contribution is -2.45. The highest BCUT2D eigenvalue weighted by Gasteiger charge is 2.34. The molecular formula is C12H14F2N2O. The van der Waals surface area contributed by atoms with E-state index in [9.17, 15) is 8.78 Å². The van der Waals surface area contributed by atoms with E-state index in [2.05, 4.69) is 0 Å². The maximum atomic E-state index is 13.8. The third-order valence-electron chi connectivity index (χ3n) is 2.54. The van der Waals surface area contributed by atoms with Crippen LogP contribution in [-0.4, -0.2) is 19.4 Å². The molecule has 1 aromatic carbocycles. The van der Waals surface area contributed by atoms with E-state index in [0.717, 1.165) is 0 Å². The Morgan fingerprint density at radius 2 is 2.18 bits per heavy atom.